The lowest BCUT2D eigenvalue weighted by Crippen LogP contribution is -2.34. The van der Waals surface area contributed by atoms with Gasteiger partial charge in [0.15, 0.2) is 0 Å². The van der Waals surface area contributed by atoms with Gasteiger partial charge in [-0.2, -0.15) is 0 Å². The van der Waals surface area contributed by atoms with E-state index >= 15 is 0 Å². The molecule has 0 bridgehead atoms. The smallest absolute Gasteiger partial charge is 0.319 e. The van der Waals surface area contributed by atoms with E-state index in [1.807, 2.05) is 31.1 Å². The lowest BCUT2D eigenvalue weighted by Gasteiger charge is -2.10. The number of hydrogen-bond acceptors (Lipinski definition) is 2. The van der Waals surface area contributed by atoms with E-state index in [-0.39, 0.29) is 6.03 Å². The van der Waals surface area contributed by atoms with E-state index in [0.29, 0.717) is 12.2 Å². The molecular formula is C11H16N3O. The molecule has 15 heavy (non-hydrogen) atoms. The first-order chi connectivity index (χ1) is 7.18. The predicted molar refractivity (Wildman–Crippen MR) is 60.9 cm³/mol. The van der Waals surface area contributed by atoms with Gasteiger partial charge in [0.25, 0.3) is 0 Å². The second kappa shape index (κ2) is 6.03. The Hall–Kier alpha value is -1.55. The molecule has 0 aromatic heterocycles. The number of nitrogens with zero attached hydrogens (tertiary/aromatic N) is 1. The third kappa shape index (κ3) is 5.02. The van der Waals surface area contributed by atoms with Crippen LogP contribution < -0.4 is 10.6 Å². The summed E-state index contributed by atoms with van der Waals surface area (Å²) in [5, 5.41) is 5.44. The Morgan fingerprint density at radius 2 is 2.27 bits per heavy atom. The van der Waals surface area contributed by atoms with Crippen molar-refractivity contribution in [1.29, 1.82) is 0 Å². The second-order valence-corrected chi connectivity index (χ2v) is 3.46. The number of likely N-dealkylation sites (N-methyl/N-ethyl adjacent to an activating group) is 1. The first kappa shape index (κ1) is 11.5. The Kier molecular flexibility index (Phi) is 4.63. The Morgan fingerprint density at radius 1 is 1.47 bits per heavy atom. The van der Waals surface area contributed by atoms with E-state index in [2.05, 4.69) is 16.7 Å². The van der Waals surface area contributed by atoms with Crippen LogP contribution in [0.1, 0.15) is 0 Å². The second-order valence-electron chi connectivity index (χ2n) is 3.46. The summed E-state index contributed by atoms with van der Waals surface area (Å²) in [6, 6.07) is 9.99. The maximum absolute atomic E-state index is 11.3. The van der Waals surface area contributed by atoms with Gasteiger partial charge in [0.1, 0.15) is 0 Å². The molecule has 81 valence electrons. The maximum atomic E-state index is 11.3. The molecular weight excluding hydrogens is 190 g/mol. The molecule has 0 unspecified atom stereocenters. The number of carbonyl (C=O) groups is 1. The highest BCUT2D eigenvalue weighted by atomic mass is 16.2. The molecule has 1 rings (SSSR count). The standard InChI is InChI=1S/C11H16N3O/c1-14(2)9-8-12-11(15)13-10-6-4-3-5-7-10/h3-6H,8-9H2,1-2H3,(H2,12,13,15). The number of benzene rings is 1. The molecule has 0 aliphatic carbocycles. The number of anilines is 1. The van der Waals surface area contributed by atoms with Crippen LogP contribution in [-0.2, 0) is 0 Å². The zero-order valence-electron chi connectivity index (χ0n) is 9.08. The topological polar surface area (TPSA) is 44.4 Å². The van der Waals surface area contributed by atoms with Gasteiger partial charge in [0.05, 0.1) is 5.69 Å². The predicted octanol–water partition coefficient (Wildman–Crippen LogP) is 1.17. The minimum atomic E-state index is -0.195. The molecule has 4 heteroatoms. The number of para-hydroxylation sites is 1. The molecule has 0 aliphatic heterocycles. The number of carbonyl (C=O) groups excluding carboxylic acids is 1. The normalized spacial score (nSPS) is 10.1. The molecule has 4 nitrogen and oxygen atoms in total. The van der Waals surface area contributed by atoms with Gasteiger partial charge in [-0.1, -0.05) is 18.2 Å². The van der Waals surface area contributed by atoms with Crippen LogP contribution in [0, 0.1) is 6.07 Å². The minimum Gasteiger partial charge on any atom is -0.337 e. The van der Waals surface area contributed by atoms with Crippen molar-refractivity contribution in [3.05, 3.63) is 30.3 Å². The van der Waals surface area contributed by atoms with Crippen molar-refractivity contribution in [2.75, 3.05) is 32.5 Å². The fourth-order valence-corrected chi connectivity index (χ4v) is 1.03. The van der Waals surface area contributed by atoms with Gasteiger partial charge in [-0.3, -0.25) is 0 Å². The molecule has 0 heterocycles. The molecule has 0 fully saturated rings. The quantitative estimate of drug-likeness (QED) is 0.776. The van der Waals surface area contributed by atoms with Crippen molar-refractivity contribution in [1.82, 2.24) is 10.2 Å². The third-order valence-corrected chi connectivity index (χ3v) is 1.80. The van der Waals surface area contributed by atoms with Crippen LogP contribution in [0.3, 0.4) is 0 Å². The van der Waals surface area contributed by atoms with Crippen LogP contribution in [0.4, 0.5) is 10.5 Å². The molecule has 0 aliphatic rings. The van der Waals surface area contributed by atoms with Crippen molar-refractivity contribution >= 4 is 11.7 Å². The average molecular weight is 206 g/mol. The monoisotopic (exact) mass is 206 g/mol. The van der Waals surface area contributed by atoms with Crippen LogP contribution in [-0.4, -0.2) is 38.1 Å². The summed E-state index contributed by atoms with van der Waals surface area (Å²) in [4.78, 5) is 13.3. The van der Waals surface area contributed by atoms with Gasteiger partial charge in [0.2, 0.25) is 0 Å². The number of urea groups is 1. The van der Waals surface area contributed by atoms with Crippen molar-refractivity contribution in [3.8, 4) is 0 Å². The van der Waals surface area contributed by atoms with E-state index in [9.17, 15) is 4.79 Å². The molecule has 2 amide bonds. The van der Waals surface area contributed by atoms with Gasteiger partial charge in [0, 0.05) is 19.2 Å². The first-order valence-corrected chi connectivity index (χ1v) is 4.85. The molecule has 0 atom stereocenters. The minimum absolute atomic E-state index is 0.195. The summed E-state index contributed by atoms with van der Waals surface area (Å²) >= 11 is 0. The molecule has 1 radical (unpaired) electrons. The van der Waals surface area contributed by atoms with Gasteiger partial charge < -0.3 is 15.5 Å². The molecule has 2 N–H and O–H groups in total. The maximum Gasteiger partial charge on any atom is 0.319 e. The third-order valence-electron chi connectivity index (χ3n) is 1.80. The Morgan fingerprint density at radius 3 is 2.87 bits per heavy atom. The fraction of sp³-hybridized carbons (Fsp3) is 0.364. The lowest BCUT2D eigenvalue weighted by molar-refractivity contribution is 0.250. The van der Waals surface area contributed by atoms with Crippen molar-refractivity contribution < 1.29 is 4.79 Å². The largest absolute Gasteiger partial charge is 0.337 e. The average Bonchev–Trinajstić information content (AvgIpc) is 2.18. The first-order valence-electron chi connectivity index (χ1n) is 4.85. The number of rotatable bonds is 4. The van der Waals surface area contributed by atoms with E-state index in [4.69, 9.17) is 0 Å². The highest BCUT2D eigenvalue weighted by Crippen LogP contribution is 2.02. The number of nitrogens with one attached hydrogen (secondary N) is 2. The zero-order chi connectivity index (χ0) is 11.1. The lowest BCUT2D eigenvalue weighted by atomic mass is 10.3. The SMILES string of the molecule is CN(C)CCNC(=O)Nc1[c]cccc1. The van der Waals surface area contributed by atoms with E-state index in [1.54, 1.807) is 12.1 Å². The van der Waals surface area contributed by atoms with E-state index in [0.717, 1.165) is 6.54 Å². The molecule has 1 aromatic rings. The number of hydrogen-bond donors (Lipinski definition) is 2. The summed E-state index contributed by atoms with van der Waals surface area (Å²) in [5.41, 5.74) is 0.680. The van der Waals surface area contributed by atoms with Crippen LogP contribution in [0.2, 0.25) is 0 Å². The molecule has 0 saturated carbocycles. The van der Waals surface area contributed by atoms with Gasteiger partial charge in [-0.25, -0.2) is 4.79 Å². The fourth-order valence-electron chi connectivity index (χ4n) is 1.03. The Balaban J connectivity index is 2.25. The van der Waals surface area contributed by atoms with Gasteiger partial charge in [-0.15, -0.1) is 0 Å². The zero-order valence-corrected chi connectivity index (χ0v) is 9.08. The Labute approximate surface area is 90.3 Å². The van der Waals surface area contributed by atoms with Crippen molar-refractivity contribution in [2.24, 2.45) is 0 Å². The van der Waals surface area contributed by atoms with Crippen LogP contribution >= 0.6 is 0 Å². The summed E-state index contributed by atoms with van der Waals surface area (Å²) in [6.07, 6.45) is 0. The van der Waals surface area contributed by atoms with Gasteiger partial charge >= 0.3 is 6.03 Å². The molecule has 1 aromatic carbocycles. The highest BCUT2D eigenvalue weighted by Gasteiger charge is 1.99. The molecule has 0 saturated heterocycles. The summed E-state index contributed by atoms with van der Waals surface area (Å²) in [7, 11) is 3.93. The van der Waals surface area contributed by atoms with Crippen molar-refractivity contribution in [2.45, 2.75) is 0 Å². The summed E-state index contributed by atoms with van der Waals surface area (Å²) < 4.78 is 0. The summed E-state index contributed by atoms with van der Waals surface area (Å²) in [6.45, 7) is 1.46. The Bertz CT molecular complexity index is 298. The van der Waals surface area contributed by atoms with Crippen molar-refractivity contribution in [3.63, 3.8) is 0 Å². The number of amides is 2. The van der Waals surface area contributed by atoms with E-state index in [1.165, 1.54) is 0 Å². The molecule has 0 spiro atoms. The highest BCUT2D eigenvalue weighted by molar-refractivity contribution is 5.88. The van der Waals surface area contributed by atoms with Crippen LogP contribution in [0.5, 0.6) is 0 Å². The van der Waals surface area contributed by atoms with E-state index < -0.39 is 0 Å². The van der Waals surface area contributed by atoms with Crippen LogP contribution in [0.25, 0.3) is 0 Å². The van der Waals surface area contributed by atoms with Crippen LogP contribution in [0.15, 0.2) is 24.3 Å². The van der Waals surface area contributed by atoms with Gasteiger partial charge in [-0.05, 0) is 20.2 Å². The summed E-state index contributed by atoms with van der Waals surface area (Å²) in [5.74, 6) is 0.